The zero-order chi connectivity index (χ0) is 16.9. The first-order valence-corrected chi connectivity index (χ1v) is 7.48. The molecule has 0 saturated heterocycles. The molecular formula is C18H17N3O3. The Bertz CT molecular complexity index is 844. The van der Waals surface area contributed by atoms with Crippen molar-refractivity contribution < 1.29 is 13.9 Å². The third kappa shape index (κ3) is 3.78. The second kappa shape index (κ2) is 6.95. The van der Waals surface area contributed by atoms with Crippen LogP contribution in [0.2, 0.25) is 0 Å². The van der Waals surface area contributed by atoms with E-state index in [2.05, 4.69) is 15.5 Å². The molecule has 0 radical (unpaired) electrons. The minimum atomic E-state index is -0.234. The second-order valence-electron chi connectivity index (χ2n) is 5.43. The van der Waals surface area contributed by atoms with E-state index < -0.39 is 0 Å². The van der Waals surface area contributed by atoms with E-state index in [0.717, 1.165) is 16.7 Å². The summed E-state index contributed by atoms with van der Waals surface area (Å²) < 4.78 is 10.7. The van der Waals surface area contributed by atoms with Crippen LogP contribution >= 0.6 is 0 Å². The quantitative estimate of drug-likeness (QED) is 0.779. The van der Waals surface area contributed by atoms with Crippen LogP contribution in [-0.2, 0) is 4.79 Å². The molecule has 6 heteroatoms. The molecule has 24 heavy (non-hydrogen) atoms. The number of aromatic nitrogens is 2. The van der Waals surface area contributed by atoms with Gasteiger partial charge < -0.3 is 14.5 Å². The van der Waals surface area contributed by atoms with E-state index in [1.54, 1.807) is 6.07 Å². The van der Waals surface area contributed by atoms with Gasteiger partial charge in [0, 0.05) is 11.3 Å². The van der Waals surface area contributed by atoms with E-state index in [-0.39, 0.29) is 12.5 Å². The number of benzene rings is 2. The van der Waals surface area contributed by atoms with Crippen molar-refractivity contribution in [1.82, 2.24) is 10.2 Å². The Morgan fingerprint density at radius 2 is 2.08 bits per heavy atom. The lowest BCUT2D eigenvalue weighted by Gasteiger charge is -2.11. The van der Waals surface area contributed by atoms with Gasteiger partial charge in [0.25, 0.3) is 5.91 Å². The van der Waals surface area contributed by atoms with Crippen molar-refractivity contribution in [2.45, 2.75) is 13.8 Å². The predicted molar refractivity (Wildman–Crippen MR) is 89.8 cm³/mol. The highest BCUT2D eigenvalue weighted by atomic mass is 16.5. The summed E-state index contributed by atoms with van der Waals surface area (Å²) >= 11 is 0. The highest BCUT2D eigenvalue weighted by Crippen LogP contribution is 2.23. The molecule has 122 valence electrons. The van der Waals surface area contributed by atoms with Gasteiger partial charge in [0.05, 0.1) is 0 Å². The molecule has 6 nitrogen and oxygen atoms in total. The van der Waals surface area contributed by atoms with Gasteiger partial charge in [-0.05, 0) is 49.2 Å². The molecule has 1 amide bonds. The molecule has 0 aliphatic heterocycles. The van der Waals surface area contributed by atoms with Crippen LogP contribution in [0.5, 0.6) is 5.75 Å². The van der Waals surface area contributed by atoms with Crippen LogP contribution in [0.4, 0.5) is 5.69 Å². The number of hydrogen-bond donors (Lipinski definition) is 1. The lowest BCUT2D eigenvalue weighted by molar-refractivity contribution is -0.118. The largest absolute Gasteiger partial charge is 0.484 e. The Kier molecular flexibility index (Phi) is 4.56. The Labute approximate surface area is 139 Å². The van der Waals surface area contributed by atoms with Crippen molar-refractivity contribution in [2.24, 2.45) is 0 Å². The number of anilines is 1. The normalized spacial score (nSPS) is 10.4. The first-order valence-electron chi connectivity index (χ1n) is 7.48. The molecule has 0 spiro atoms. The van der Waals surface area contributed by atoms with Gasteiger partial charge in [0.15, 0.2) is 6.61 Å². The highest BCUT2D eigenvalue weighted by Gasteiger charge is 2.10. The molecule has 0 unspecified atom stereocenters. The van der Waals surface area contributed by atoms with Crippen LogP contribution in [-0.4, -0.2) is 22.7 Å². The fourth-order valence-electron chi connectivity index (χ4n) is 2.23. The van der Waals surface area contributed by atoms with E-state index in [1.165, 1.54) is 6.39 Å². The van der Waals surface area contributed by atoms with Crippen LogP contribution in [0.3, 0.4) is 0 Å². The Morgan fingerprint density at radius 1 is 1.21 bits per heavy atom. The van der Waals surface area contributed by atoms with Gasteiger partial charge in [0.1, 0.15) is 5.75 Å². The van der Waals surface area contributed by atoms with Gasteiger partial charge in [0.2, 0.25) is 12.3 Å². The first kappa shape index (κ1) is 15.7. The van der Waals surface area contributed by atoms with Crippen LogP contribution in [0.15, 0.2) is 53.3 Å². The summed E-state index contributed by atoms with van der Waals surface area (Å²) in [5.74, 6) is 0.838. The number of ether oxygens (including phenoxy) is 1. The summed E-state index contributed by atoms with van der Waals surface area (Å²) in [7, 11) is 0. The van der Waals surface area contributed by atoms with E-state index >= 15 is 0 Å². The SMILES string of the molecule is Cc1cccc(OCC(=O)Nc2cc(-c3nnco3)ccc2C)c1. The molecule has 0 bridgehead atoms. The number of nitrogens with one attached hydrogen (secondary N) is 1. The maximum Gasteiger partial charge on any atom is 0.262 e. The lowest BCUT2D eigenvalue weighted by Crippen LogP contribution is -2.20. The summed E-state index contributed by atoms with van der Waals surface area (Å²) in [5.41, 5.74) is 3.44. The van der Waals surface area contributed by atoms with Crippen molar-refractivity contribution in [3.63, 3.8) is 0 Å². The summed E-state index contributed by atoms with van der Waals surface area (Å²) in [5, 5.41) is 10.4. The predicted octanol–water partition coefficient (Wildman–Crippen LogP) is 3.37. The molecule has 3 rings (SSSR count). The van der Waals surface area contributed by atoms with Crippen molar-refractivity contribution in [3.8, 4) is 17.2 Å². The molecule has 2 aromatic carbocycles. The summed E-state index contributed by atoms with van der Waals surface area (Å²) in [4.78, 5) is 12.1. The second-order valence-corrected chi connectivity index (χ2v) is 5.43. The molecule has 1 heterocycles. The third-order valence-corrected chi connectivity index (χ3v) is 3.48. The number of carbonyl (C=O) groups is 1. The van der Waals surface area contributed by atoms with Crippen molar-refractivity contribution in [1.29, 1.82) is 0 Å². The summed E-state index contributed by atoms with van der Waals surface area (Å²) in [6.45, 7) is 3.82. The van der Waals surface area contributed by atoms with Crippen molar-refractivity contribution in [2.75, 3.05) is 11.9 Å². The molecular weight excluding hydrogens is 306 g/mol. The molecule has 0 atom stereocenters. The summed E-state index contributed by atoms with van der Waals surface area (Å²) in [6, 6.07) is 13.1. The van der Waals surface area contributed by atoms with E-state index in [9.17, 15) is 4.79 Å². The monoisotopic (exact) mass is 323 g/mol. The fourth-order valence-corrected chi connectivity index (χ4v) is 2.23. The Morgan fingerprint density at radius 3 is 2.83 bits per heavy atom. The highest BCUT2D eigenvalue weighted by molar-refractivity contribution is 5.93. The van der Waals surface area contributed by atoms with Crippen molar-refractivity contribution in [3.05, 3.63) is 60.0 Å². The average Bonchev–Trinajstić information content (AvgIpc) is 3.10. The molecule has 0 aliphatic carbocycles. The zero-order valence-corrected chi connectivity index (χ0v) is 13.4. The third-order valence-electron chi connectivity index (χ3n) is 3.48. The Hall–Kier alpha value is -3.15. The molecule has 0 saturated carbocycles. The van der Waals surface area contributed by atoms with E-state index in [1.807, 2.05) is 50.2 Å². The number of nitrogens with zero attached hydrogens (tertiary/aromatic N) is 2. The number of hydrogen-bond acceptors (Lipinski definition) is 5. The van der Waals surface area contributed by atoms with Crippen LogP contribution in [0.1, 0.15) is 11.1 Å². The number of amides is 1. The zero-order valence-electron chi connectivity index (χ0n) is 13.4. The summed E-state index contributed by atoms with van der Waals surface area (Å²) in [6.07, 6.45) is 1.27. The van der Waals surface area contributed by atoms with Crippen molar-refractivity contribution >= 4 is 11.6 Å². The Balaban J connectivity index is 1.66. The molecule has 0 aliphatic rings. The van der Waals surface area contributed by atoms with E-state index in [4.69, 9.17) is 9.15 Å². The number of rotatable bonds is 5. The molecule has 1 aromatic heterocycles. The van der Waals surface area contributed by atoms with Crippen LogP contribution in [0, 0.1) is 13.8 Å². The minimum absolute atomic E-state index is 0.0618. The topological polar surface area (TPSA) is 77.2 Å². The van der Waals surface area contributed by atoms with Gasteiger partial charge in [-0.15, -0.1) is 10.2 Å². The molecule has 3 aromatic rings. The van der Waals surface area contributed by atoms with Gasteiger partial charge in [-0.1, -0.05) is 18.2 Å². The van der Waals surface area contributed by atoms with Gasteiger partial charge in [-0.3, -0.25) is 4.79 Å². The average molecular weight is 323 g/mol. The number of aryl methyl sites for hydroxylation is 2. The molecule has 1 N–H and O–H groups in total. The van der Waals surface area contributed by atoms with Gasteiger partial charge in [-0.2, -0.15) is 0 Å². The first-order chi connectivity index (χ1) is 11.6. The van der Waals surface area contributed by atoms with Crippen LogP contribution < -0.4 is 10.1 Å². The van der Waals surface area contributed by atoms with Crippen LogP contribution in [0.25, 0.3) is 11.5 Å². The standard InChI is InChI=1S/C18H17N3O3/c1-12-4-3-5-15(8-12)23-10-17(22)20-16-9-14(7-6-13(16)2)18-21-19-11-24-18/h3-9,11H,10H2,1-2H3,(H,20,22). The van der Waals surface area contributed by atoms with Gasteiger partial charge in [-0.25, -0.2) is 0 Å². The minimum Gasteiger partial charge on any atom is -0.484 e. The lowest BCUT2D eigenvalue weighted by atomic mass is 10.1. The molecule has 0 fully saturated rings. The maximum atomic E-state index is 12.1. The fraction of sp³-hybridized carbons (Fsp3) is 0.167. The van der Waals surface area contributed by atoms with Gasteiger partial charge >= 0.3 is 0 Å². The maximum absolute atomic E-state index is 12.1. The number of carbonyl (C=O) groups excluding carboxylic acids is 1. The smallest absolute Gasteiger partial charge is 0.262 e. The van der Waals surface area contributed by atoms with E-state index in [0.29, 0.717) is 17.3 Å².